The van der Waals surface area contributed by atoms with Gasteiger partial charge in [-0.1, -0.05) is 18.7 Å². The number of carbonyl (C=O) groups excluding carboxylic acids is 2. The van der Waals surface area contributed by atoms with Crippen LogP contribution < -0.4 is 14.2 Å². The molecule has 0 atom stereocenters. The van der Waals surface area contributed by atoms with Gasteiger partial charge < -0.3 is 23.7 Å². The summed E-state index contributed by atoms with van der Waals surface area (Å²) in [6.07, 6.45) is 0. The van der Waals surface area contributed by atoms with Gasteiger partial charge >= 0.3 is 11.9 Å². The standard InChI is InChI=1S/C22H24O7/c1-15(2)22(24)29-17-7-5-16(6-8-17)19-10-9-18(28-21(23)14-26-4)13-20(19)27-12-11-25-3/h5-10,13H,1,11-12,14H2,2-4H3. The fourth-order valence-corrected chi connectivity index (χ4v) is 2.33. The number of carbonyl (C=O) groups is 2. The molecule has 0 spiro atoms. The van der Waals surface area contributed by atoms with Crippen molar-refractivity contribution in [3.8, 4) is 28.4 Å². The van der Waals surface area contributed by atoms with Gasteiger partial charge in [0.15, 0.2) is 0 Å². The zero-order chi connectivity index (χ0) is 21.2. The van der Waals surface area contributed by atoms with Crippen LogP contribution in [0.5, 0.6) is 17.2 Å². The molecule has 7 nitrogen and oxygen atoms in total. The summed E-state index contributed by atoms with van der Waals surface area (Å²) < 4.78 is 26.0. The lowest BCUT2D eigenvalue weighted by Gasteiger charge is -2.14. The highest BCUT2D eigenvalue weighted by Gasteiger charge is 2.12. The summed E-state index contributed by atoms with van der Waals surface area (Å²) in [5.41, 5.74) is 1.94. The normalized spacial score (nSPS) is 10.3. The van der Waals surface area contributed by atoms with Gasteiger partial charge in [0.05, 0.1) is 6.61 Å². The summed E-state index contributed by atoms with van der Waals surface area (Å²) >= 11 is 0. The lowest BCUT2D eigenvalue weighted by molar-refractivity contribution is -0.138. The Balaban J connectivity index is 2.25. The molecule has 0 saturated carbocycles. The molecule has 0 aliphatic carbocycles. The molecular formula is C22H24O7. The predicted octanol–water partition coefficient (Wildman–Crippen LogP) is 3.41. The summed E-state index contributed by atoms with van der Waals surface area (Å²) in [5, 5.41) is 0. The summed E-state index contributed by atoms with van der Waals surface area (Å²) in [6.45, 7) is 5.73. The van der Waals surface area contributed by atoms with Gasteiger partial charge in [-0.25, -0.2) is 9.59 Å². The molecule has 0 radical (unpaired) electrons. The number of benzene rings is 2. The monoisotopic (exact) mass is 400 g/mol. The number of esters is 2. The SMILES string of the molecule is C=C(C)C(=O)Oc1ccc(-c2ccc(OC(=O)COC)cc2OCCOC)cc1. The Morgan fingerprint density at radius 1 is 0.897 bits per heavy atom. The lowest BCUT2D eigenvalue weighted by Crippen LogP contribution is -2.14. The number of ether oxygens (including phenoxy) is 5. The predicted molar refractivity (Wildman–Crippen MR) is 107 cm³/mol. The van der Waals surface area contributed by atoms with Gasteiger partial charge in [-0.3, -0.25) is 0 Å². The number of hydrogen-bond donors (Lipinski definition) is 0. The Bertz CT molecular complexity index is 856. The first-order valence-electron chi connectivity index (χ1n) is 8.88. The van der Waals surface area contributed by atoms with E-state index in [2.05, 4.69) is 6.58 Å². The second-order valence-corrected chi connectivity index (χ2v) is 6.10. The first-order valence-corrected chi connectivity index (χ1v) is 8.88. The van der Waals surface area contributed by atoms with E-state index in [1.54, 1.807) is 56.5 Å². The Hall–Kier alpha value is -3.16. The van der Waals surface area contributed by atoms with Crippen LogP contribution in [0.25, 0.3) is 11.1 Å². The van der Waals surface area contributed by atoms with Gasteiger partial charge in [0, 0.05) is 31.4 Å². The van der Waals surface area contributed by atoms with Gasteiger partial charge in [0.25, 0.3) is 0 Å². The van der Waals surface area contributed by atoms with Gasteiger partial charge in [0.2, 0.25) is 0 Å². The fraction of sp³-hybridized carbons (Fsp3) is 0.273. The molecular weight excluding hydrogens is 376 g/mol. The van der Waals surface area contributed by atoms with E-state index in [0.717, 1.165) is 11.1 Å². The highest BCUT2D eigenvalue weighted by atomic mass is 16.6. The molecule has 2 rings (SSSR count). The van der Waals surface area contributed by atoms with Crippen molar-refractivity contribution < 1.29 is 33.3 Å². The quantitative estimate of drug-likeness (QED) is 0.262. The molecule has 0 aliphatic heterocycles. The third-order valence-electron chi connectivity index (χ3n) is 3.72. The van der Waals surface area contributed by atoms with Gasteiger partial charge in [-0.05, 0) is 36.8 Å². The third kappa shape index (κ3) is 6.74. The van der Waals surface area contributed by atoms with Crippen molar-refractivity contribution in [2.24, 2.45) is 0 Å². The topological polar surface area (TPSA) is 80.3 Å². The largest absolute Gasteiger partial charge is 0.490 e. The van der Waals surface area contributed by atoms with E-state index in [1.807, 2.05) is 0 Å². The maximum atomic E-state index is 11.7. The maximum Gasteiger partial charge on any atom is 0.338 e. The molecule has 0 fully saturated rings. The smallest absolute Gasteiger partial charge is 0.338 e. The molecule has 2 aromatic rings. The van der Waals surface area contributed by atoms with Crippen LogP contribution in [0.3, 0.4) is 0 Å². The molecule has 0 aliphatic rings. The Morgan fingerprint density at radius 3 is 2.21 bits per heavy atom. The van der Waals surface area contributed by atoms with Crippen LogP contribution in [0, 0.1) is 0 Å². The molecule has 0 N–H and O–H groups in total. The minimum atomic E-state index is -0.508. The molecule has 2 aromatic carbocycles. The van der Waals surface area contributed by atoms with Crippen LogP contribution >= 0.6 is 0 Å². The highest BCUT2D eigenvalue weighted by Crippen LogP contribution is 2.34. The Morgan fingerprint density at radius 2 is 1.59 bits per heavy atom. The summed E-state index contributed by atoms with van der Waals surface area (Å²) in [4.78, 5) is 23.3. The zero-order valence-electron chi connectivity index (χ0n) is 16.7. The Labute approximate surface area is 169 Å². The number of methoxy groups -OCH3 is 2. The minimum absolute atomic E-state index is 0.147. The zero-order valence-corrected chi connectivity index (χ0v) is 16.7. The van der Waals surface area contributed by atoms with Crippen molar-refractivity contribution in [2.75, 3.05) is 34.0 Å². The highest BCUT2D eigenvalue weighted by molar-refractivity contribution is 5.88. The van der Waals surface area contributed by atoms with Gasteiger partial charge in [-0.15, -0.1) is 0 Å². The number of rotatable bonds is 10. The van der Waals surface area contributed by atoms with Crippen LogP contribution in [0.4, 0.5) is 0 Å². The molecule has 0 amide bonds. The average Bonchev–Trinajstić information content (AvgIpc) is 2.69. The van der Waals surface area contributed by atoms with Crippen LogP contribution in [-0.2, 0) is 19.1 Å². The van der Waals surface area contributed by atoms with Crippen molar-refractivity contribution in [2.45, 2.75) is 6.92 Å². The minimum Gasteiger partial charge on any atom is -0.490 e. The maximum absolute atomic E-state index is 11.7. The van der Waals surface area contributed by atoms with E-state index in [-0.39, 0.29) is 6.61 Å². The molecule has 0 bridgehead atoms. The van der Waals surface area contributed by atoms with E-state index in [1.165, 1.54) is 7.11 Å². The Kier molecular flexibility index (Phi) is 8.39. The van der Waals surface area contributed by atoms with E-state index < -0.39 is 11.9 Å². The number of hydrogen-bond acceptors (Lipinski definition) is 7. The molecule has 0 heterocycles. The van der Waals surface area contributed by atoms with Crippen LogP contribution in [0.1, 0.15) is 6.92 Å². The van der Waals surface area contributed by atoms with E-state index in [9.17, 15) is 9.59 Å². The first kappa shape index (κ1) is 22.1. The van der Waals surface area contributed by atoms with Crippen molar-refractivity contribution in [3.05, 3.63) is 54.6 Å². The van der Waals surface area contributed by atoms with Gasteiger partial charge in [-0.2, -0.15) is 0 Å². The molecule has 0 unspecified atom stereocenters. The van der Waals surface area contributed by atoms with Crippen LogP contribution in [-0.4, -0.2) is 46.0 Å². The van der Waals surface area contributed by atoms with Crippen LogP contribution in [0.2, 0.25) is 0 Å². The van der Waals surface area contributed by atoms with Crippen molar-refractivity contribution >= 4 is 11.9 Å². The summed E-state index contributed by atoms with van der Waals surface area (Å²) in [6, 6.07) is 12.1. The fourth-order valence-electron chi connectivity index (χ4n) is 2.33. The van der Waals surface area contributed by atoms with E-state index in [4.69, 9.17) is 23.7 Å². The van der Waals surface area contributed by atoms with Gasteiger partial charge in [0.1, 0.15) is 30.5 Å². The molecule has 0 saturated heterocycles. The molecule has 29 heavy (non-hydrogen) atoms. The van der Waals surface area contributed by atoms with Crippen molar-refractivity contribution in [3.63, 3.8) is 0 Å². The molecule has 7 heteroatoms. The average molecular weight is 400 g/mol. The van der Waals surface area contributed by atoms with Crippen LogP contribution in [0.15, 0.2) is 54.6 Å². The molecule has 154 valence electrons. The van der Waals surface area contributed by atoms with Crippen molar-refractivity contribution in [1.82, 2.24) is 0 Å². The first-order chi connectivity index (χ1) is 13.9. The van der Waals surface area contributed by atoms with Crippen molar-refractivity contribution in [1.29, 1.82) is 0 Å². The third-order valence-corrected chi connectivity index (χ3v) is 3.72. The lowest BCUT2D eigenvalue weighted by atomic mass is 10.0. The summed E-state index contributed by atoms with van der Waals surface area (Å²) in [5.74, 6) is 0.288. The summed E-state index contributed by atoms with van der Waals surface area (Å²) in [7, 11) is 3.00. The second-order valence-electron chi connectivity index (χ2n) is 6.10. The van der Waals surface area contributed by atoms with E-state index >= 15 is 0 Å². The second kappa shape index (κ2) is 11.0. The molecule has 0 aromatic heterocycles. The van der Waals surface area contributed by atoms with E-state index in [0.29, 0.717) is 36.0 Å².